The van der Waals surface area contributed by atoms with E-state index < -0.39 is 0 Å². The number of hydrogen-bond donors (Lipinski definition) is 0. The second-order valence-electron chi connectivity index (χ2n) is 3.45. The average Bonchev–Trinajstić information content (AvgIpc) is 2.80. The van der Waals surface area contributed by atoms with Crippen molar-refractivity contribution >= 4 is 27.3 Å². The second kappa shape index (κ2) is 5.42. The van der Waals surface area contributed by atoms with E-state index in [4.69, 9.17) is 0 Å². The van der Waals surface area contributed by atoms with Crippen molar-refractivity contribution in [1.29, 1.82) is 0 Å². The van der Waals surface area contributed by atoms with Crippen LogP contribution >= 0.6 is 27.3 Å². The molecule has 0 saturated carbocycles. The lowest BCUT2D eigenvalue weighted by Gasteiger charge is -2.12. The van der Waals surface area contributed by atoms with E-state index in [-0.39, 0.29) is 0 Å². The highest BCUT2D eigenvalue weighted by Gasteiger charge is 2.11. The molecule has 0 bridgehead atoms. The van der Waals surface area contributed by atoms with Crippen LogP contribution in [-0.4, -0.2) is 10.3 Å². The number of thiazole rings is 1. The summed E-state index contributed by atoms with van der Waals surface area (Å²) < 4.78 is 0. The molecule has 1 heterocycles. The maximum Gasteiger partial charge on any atom is 0.0794 e. The number of hydrogen-bond acceptors (Lipinski definition) is 2. The van der Waals surface area contributed by atoms with Crippen LogP contribution in [0.5, 0.6) is 0 Å². The molecule has 0 fully saturated rings. The van der Waals surface area contributed by atoms with Crippen LogP contribution in [0.1, 0.15) is 17.2 Å². The molecule has 0 aliphatic carbocycles. The Kier molecular flexibility index (Phi) is 3.92. The first-order chi connectivity index (χ1) is 7.40. The van der Waals surface area contributed by atoms with E-state index in [0.717, 1.165) is 11.8 Å². The van der Waals surface area contributed by atoms with Gasteiger partial charge in [0.2, 0.25) is 0 Å². The molecule has 2 rings (SSSR count). The van der Waals surface area contributed by atoms with Gasteiger partial charge in [-0.25, -0.2) is 4.98 Å². The molecule has 0 aliphatic rings. The Morgan fingerprint density at radius 3 is 2.67 bits per heavy atom. The van der Waals surface area contributed by atoms with E-state index in [2.05, 4.69) is 56.6 Å². The summed E-state index contributed by atoms with van der Waals surface area (Å²) >= 11 is 5.23. The highest BCUT2D eigenvalue weighted by molar-refractivity contribution is 9.09. The molecule has 78 valence electrons. The summed E-state index contributed by atoms with van der Waals surface area (Å²) in [5.74, 6) is 0.522. The Hall–Kier alpha value is -0.670. The minimum absolute atomic E-state index is 0.522. The molecule has 0 saturated heterocycles. The van der Waals surface area contributed by atoms with Crippen LogP contribution in [0.2, 0.25) is 0 Å². The summed E-state index contributed by atoms with van der Waals surface area (Å²) in [6, 6.07) is 10.6. The van der Waals surface area contributed by atoms with Crippen molar-refractivity contribution in [2.24, 2.45) is 0 Å². The highest BCUT2D eigenvalue weighted by Crippen LogP contribution is 2.22. The van der Waals surface area contributed by atoms with Gasteiger partial charge in [0.05, 0.1) is 11.2 Å². The van der Waals surface area contributed by atoms with Crippen molar-refractivity contribution in [1.82, 2.24) is 4.98 Å². The topological polar surface area (TPSA) is 12.9 Å². The van der Waals surface area contributed by atoms with Gasteiger partial charge >= 0.3 is 0 Å². The van der Waals surface area contributed by atoms with E-state index >= 15 is 0 Å². The number of aromatic nitrogens is 1. The summed E-state index contributed by atoms with van der Waals surface area (Å²) in [6.45, 7) is 0. The molecule has 1 aromatic heterocycles. The largest absolute Gasteiger partial charge is 0.250 e. The van der Waals surface area contributed by atoms with Crippen LogP contribution in [0, 0.1) is 0 Å². The van der Waals surface area contributed by atoms with Crippen LogP contribution in [0.25, 0.3) is 0 Å². The van der Waals surface area contributed by atoms with Gasteiger partial charge in [0, 0.05) is 10.7 Å². The van der Waals surface area contributed by atoms with Gasteiger partial charge in [-0.3, -0.25) is 0 Å². The van der Waals surface area contributed by atoms with E-state index in [0.29, 0.717) is 5.92 Å². The van der Waals surface area contributed by atoms with Crippen LogP contribution in [0.3, 0.4) is 0 Å². The van der Waals surface area contributed by atoms with Crippen LogP contribution < -0.4 is 0 Å². The van der Waals surface area contributed by atoms with Crippen molar-refractivity contribution in [3.8, 4) is 0 Å². The number of alkyl halides is 1. The minimum atomic E-state index is 0.522. The molecular formula is C12H12BrNS. The predicted octanol–water partition coefficient (Wildman–Crippen LogP) is 3.86. The first kappa shape index (κ1) is 10.8. The van der Waals surface area contributed by atoms with Crippen molar-refractivity contribution in [2.45, 2.75) is 12.3 Å². The molecule has 1 nitrogen and oxygen atoms in total. The highest BCUT2D eigenvalue weighted by atomic mass is 79.9. The Morgan fingerprint density at radius 1 is 1.27 bits per heavy atom. The molecule has 1 atom stereocenters. The molecule has 0 aliphatic heterocycles. The first-order valence-corrected chi connectivity index (χ1v) is 6.94. The van der Waals surface area contributed by atoms with Crippen molar-refractivity contribution in [2.75, 3.05) is 5.33 Å². The van der Waals surface area contributed by atoms with Gasteiger partial charge in [-0.1, -0.05) is 46.3 Å². The third kappa shape index (κ3) is 2.89. The van der Waals surface area contributed by atoms with Gasteiger partial charge in [0.25, 0.3) is 0 Å². The summed E-state index contributed by atoms with van der Waals surface area (Å²) in [5, 5.41) is 3.10. The normalized spacial score (nSPS) is 12.6. The number of nitrogens with zero attached hydrogens (tertiary/aromatic N) is 1. The summed E-state index contributed by atoms with van der Waals surface area (Å²) in [7, 11) is 0. The van der Waals surface area contributed by atoms with Gasteiger partial charge in [-0.05, 0) is 17.9 Å². The summed E-state index contributed by atoms with van der Waals surface area (Å²) in [6.07, 6.45) is 1.01. The number of rotatable bonds is 4. The third-order valence-electron chi connectivity index (χ3n) is 2.40. The Bertz CT molecular complexity index is 385. The van der Waals surface area contributed by atoms with Crippen LogP contribution in [-0.2, 0) is 6.42 Å². The molecule has 0 radical (unpaired) electrons. The van der Waals surface area contributed by atoms with Gasteiger partial charge in [-0.15, -0.1) is 11.3 Å². The smallest absolute Gasteiger partial charge is 0.0794 e. The fourth-order valence-corrected chi connectivity index (χ4v) is 2.75. The van der Waals surface area contributed by atoms with Gasteiger partial charge < -0.3 is 0 Å². The third-order valence-corrected chi connectivity index (χ3v) is 3.81. The molecule has 1 unspecified atom stereocenters. The number of benzene rings is 1. The zero-order chi connectivity index (χ0) is 10.5. The SMILES string of the molecule is BrCC(Cc1cscn1)c1ccccc1. The molecule has 2 aromatic rings. The Labute approximate surface area is 102 Å². The Balaban J connectivity index is 2.12. The lowest BCUT2D eigenvalue weighted by Crippen LogP contribution is -2.04. The number of halogens is 1. The van der Waals surface area contributed by atoms with Gasteiger partial charge in [0.15, 0.2) is 0 Å². The van der Waals surface area contributed by atoms with Crippen molar-refractivity contribution in [3.05, 3.63) is 52.5 Å². The zero-order valence-corrected chi connectivity index (χ0v) is 10.7. The van der Waals surface area contributed by atoms with Gasteiger partial charge in [0.1, 0.15) is 0 Å². The fourth-order valence-electron chi connectivity index (χ4n) is 1.58. The van der Waals surface area contributed by atoms with E-state index in [9.17, 15) is 0 Å². The lowest BCUT2D eigenvalue weighted by molar-refractivity contribution is 0.760. The molecular weight excluding hydrogens is 270 g/mol. The summed E-state index contributed by atoms with van der Waals surface area (Å²) in [4.78, 5) is 4.33. The predicted molar refractivity (Wildman–Crippen MR) is 68.8 cm³/mol. The molecule has 0 amide bonds. The molecule has 0 spiro atoms. The zero-order valence-electron chi connectivity index (χ0n) is 8.27. The lowest BCUT2D eigenvalue weighted by atomic mass is 9.97. The van der Waals surface area contributed by atoms with E-state index in [1.807, 2.05) is 5.51 Å². The monoisotopic (exact) mass is 281 g/mol. The maximum absolute atomic E-state index is 4.33. The van der Waals surface area contributed by atoms with Gasteiger partial charge in [-0.2, -0.15) is 0 Å². The standard InChI is InChI=1S/C12H12BrNS/c13-7-11(6-12-8-15-9-14-12)10-4-2-1-3-5-10/h1-5,8-9,11H,6-7H2. The molecule has 0 N–H and O–H groups in total. The second-order valence-corrected chi connectivity index (χ2v) is 4.81. The first-order valence-electron chi connectivity index (χ1n) is 4.88. The fraction of sp³-hybridized carbons (Fsp3) is 0.250. The quantitative estimate of drug-likeness (QED) is 0.776. The van der Waals surface area contributed by atoms with E-state index in [1.54, 1.807) is 11.3 Å². The Morgan fingerprint density at radius 2 is 2.07 bits per heavy atom. The molecule has 1 aromatic carbocycles. The van der Waals surface area contributed by atoms with Crippen molar-refractivity contribution < 1.29 is 0 Å². The maximum atomic E-state index is 4.33. The molecule has 3 heteroatoms. The molecule has 15 heavy (non-hydrogen) atoms. The average molecular weight is 282 g/mol. The van der Waals surface area contributed by atoms with E-state index in [1.165, 1.54) is 11.3 Å². The minimum Gasteiger partial charge on any atom is -0.250 e. The summed E-state index contributed by atoms with van der Waals surface area (Å²) in [5.41, 5.74) is 4.46. The van der Waals surface area contributed by atoms with Crippen LogP contribution in [0.4, 0.5) is 0 Å². The van der Waals surface area contributed by atoms with Crippen LogP contribution in [0.15, 0.2) is 41.2 Å². The van der Waals surface area contributed by atoms with Crippen molar-refractivity contribution in [3.63, 3.8) is 0 Å².